The van der Waals surface area contributed by atoms with Crippen LogP contribution in [0.25, 0.3) is 22.2 Å². The van der Waals surface area contributed by atoms with Crippen LogP contribution in [0.4, 0.5) is 5.82 Å². The number of aromatic amines is 1. The number of anilines is 1. The van der Waals surface area contributed by atoms with Gasteiger partial charge in [0.1, 0.15) is 22.4 Å². The molecule has 7 heteroatoms. The van der Waals surface area contributed by atoms with Crippen molar-refractivity contribution < 1.29 is 4.74 Å². The second-order valence-electron chi connectivity index (χ2n) is 8.29. The first-order chi connectivity index (χ1) is 14.0. The monoisotopic (exact) mass is 413 g/mol. The standard InChI is InChI=1S/C22H28ClN5O/c1-13(2)12-29-17-9-18-19(11-26-22(18)25-10-17)14-7-20(23)28-21(8-14)27-16-5-3-15(24)4-6-16/h7-11,13,15-16H,3-6,12,24H2,1-2H3,(H,25,26)(H,27,28)/t15-,16-. The Bertz CT molecular complexity index is 978. The Balaban J connectivity index is 1.61. The minimum absolute atomic E-state index is 0.321. The molecule has 3 heterocycles. The normalized spacial score (nSPS) is 19.6. The van der Waals surface area contributed by atoms with E-state index >= 15 is 0 Å². The molecule has 1 aliphatic rings. The van der Waals surface area contributed by atoms with Gasteiger partial charge in [0.15, 0.2) is 0 Å². The Labute approximate surface area is 176 Å². The van der Waals surface area contributed by atoms with Gasteiger partial charge in [-0.05, 0) is 55.4 Å². The maximum atomic E-state index is 6.35. The molecule has 0 amide bonds. The van der Waals surface area contributed by atoms with Crippen LogP contribution in [-0.4, -0.2) is 33.6 Å². The second-order valence-corrected chi connectivity index (χ2v) is 8.68. The van der Waals surface area contributed by atoms with Gasteiger partial charge in [-0.15, -0.1) is 0 Å². The average molecular weight is 414 g/mol. The van der Waals surface area contributed by atoms with E-state index in [0.717, 1.165) is 59.4 Å². The zero-order valence-corrected chi connectivity index (χ0v) is 17.7. The van der Waals surface area contributed by atoms with Crippen molar-refractivity contribution in [3.8, 4) is 16.9 Å². The van der Waals surface area contributed by atoms with Crippen molar-refractivity contribution in [2.24, 2.45) is 11.7 Å². The van der Waals surface area contributed by atoms with Gasteiger partial charge in [0.25, 0.3) is 0 Å². The fourth-order valence-electron chi connectivity index (χ4n) is 3.76. The zero-order valence-electron chi connectivity index (χ0n) is 16.9. The predicted octanol–water partition coefficient (Wildman–Crippen LogP) is 4.99. The predicted molar refractivity (Wildman–Crippen MR) is 119 cm³/mol. The lowest BCUT2D eigenvalue weighted by Gasteiger charge is -2.27. The van der Waals surface area contributed by atoms with Crippen molar-refractivity contribution in [3.05, 3.63) is 35.7 Å². The molecule has 1 saturated carbocycles. The quantitative estimate of drug-likeness (QED) is 0.495. The van der Waals surface area contributed by atoms with Crippen molar-refractivity contribution in [2.45, 2.75) is 51.6 Å². The minimum atomic E-state index is 0.321. The van der Waals surface area contributed by atoms with Crippen molar-refractivity contribution in [3.63, 3.8) is 0 Å². The molecule has 6 nitrogen and oxygen atoms in total. The lowest BCUT2D eigenvalue weighted by atomic mass is 9.92. The van der Waals surface area contributed by atoms with Gasteiger partial charge in [-0.2, -0.15) is 0 Å². The third-order valence-electron chi connectivity index (χ3n) is 5.32. The number of nitrogens with one attached hydrogen (secondary N) is 2. The molecule has 154 valence electrons. The molecule has 0 spiro atoms. The van der Waals surface area contributed by atoms with Crippen LogP contribution in [0.15, 0.2) is 30.6 Å². The Hall–Kier alpha value is -2.31. The van der Waals surface area contributed by atoms with Crippen LogP contribution in [0, 0.1) is 5.92 Å². The van der Waals surface area contributed by atoms with Gasteiger partial charge in [-0.25, -0.2) is 9.97 Å². The molecule has 0 bridgehead atoms. The summed E-state index contributed by atoms with van der Waals surface area (Å²) in [5, 5.41) is 5.00. The SMILES string of the molecule is CC(C)COc1cnc2[nH]cc(-c3cc(Cl)nc(N[C@H]4CC[C@H](N)CC4)c3)c2c1. The van der Waals surface area contributed by atoms with E-state index in [9.17, 15) is 0 Å². The highest BCUT2D eigenvalue weighted by Crippen LogP contribution is 2.33. The number of aromatic nitrogens is 3. The zero-order chi connectivity index (χ0) is 20.4. The van der Waals surface area contributed by atoms with Crippen LogP contribution in [0.3, 0.4) is 0 Å². The van der Waals surface area contributed by atoms with Crippen LogP contribution in [0.5, 0.6) is 5.75 Å². The molecule has 0 aliphatic heterocycles. The second kappa shape index (κ2) is 8.59. The van der Waals surface area contributed by atoms with E-state index in [-0.39, 0.29) is 0 Å². The van der Waals surface area contributed by atoms with E-state index in [1.54, 1.807) is 6.20 Å². The third-order valence-corrected chi connectivity index (χ3v) is 5.51. The molecule has 3 aromatic rings. The van der Waals surface area contributed by atoms with Gasteiger partial charge in [0, 0.05) is 29.2 Å². The van der Waals surface area contributed by atoms with Crippen LogP contribution in [0.1, 0.15) is 39.5 Å². The van der Waals surface area contributed by atoms with Crippen molar-refractivity contribution in [1.82, 2.24) is 15.0 Å². The number of rotatable bonds is 6. The minimum Gasteiger partial charge on any atom is -0.492 e. The molecule has 0 radical (unpaired) electrons. The summed E-state index contributed by atoms with van der Waals surface area (Å²) in [6, 6.07) is 6.66. The van der Waals surface area contributed by atoms with Gasteiger partial charge in [-0.1, -0.05) is 25.4 Å². The molecule has 4 N–H and O–H groups in total. The first-order valence-electron chi connectivity index (χ1n) is 10.3. The molecule has 1 aliphatic carbocycles. The summed E-state index contributed by atoms with van der Waals surface area (Å²) in [7, 11) is 0. The highest BCUT2D eigenvalue weighted by atomic mass is 35.5. The molecule has 0 unspecified atom stereocenters. The number of ether oxygens (including phenoxy) is 1. The summed E-state index contributed by atoms with van der Waals surface area (Å²) in [6.45, 7) is 4.91. The number of fused-ring (bicyclic) bond motifs is 1. The largest absolute Gasteiger partial charge is 0.492 e. The molecular formula is C22H28ClN5O. The highest BCUT2D eigenvalue weighted by molar-refractivity contribution is 6.29. The fourth-order valence-corrected chi connectivity index (χ4v) is 3.97. The molecule has 0 atom stereocenters. The average Bonchev–Trinajstić information content (AvgIpc) is 3.11. The summed E-state index contributed by atoms with van der Waals surface area (Å²) in [6.07, 6.45) is 7.90. The number of hydrogen-bond donors (Lipinski definition) is 3. The van der Waals surface area contributed by atoms with Crippen molar-refractivity contribution in [2.75, 3.05) is 11.9 Å². The lowest BCUT2D eigenvalue weighted by Crippen LogP contribution is -2.33. The van der Waals surface area contributed by atoms with E-state index in [2.05, 4.69) is 34.1 Å². The molecule has 4 rings (SSSR count). The summed E-state index contributed by atoms with van der Waals surface area (Å²) in [5.41, 5.74) is 8.86. The lowest BCUT2D eigenvalue weighted by molar-refractivity contribution is 0.270. The first-order valence-corrected chi connectivity index (χ1v) is 10.7. The summed E-state index contributed by atoms with van der Waals surface area (Å²) in [5.74, 6) is 2.02. The first kappa shape index (κ1) is 20.0. The Kier molecular flexibility index (Phi) is 5.92. The van der Waals surface area contributed by atoms with Crippen molar-refractivity contribution in [1.29, 1.82) is 0 Å². The number of nitrogens with zero attached hydrogens (tertiary/aromatic N) is 2. The fraction of sp³-hybridized carbons (Fsp3) is 0.455. The van der Waals surface area contributed by atoms with Crippen molar-refractivity contribution >= 4 is 28.5 Å². The summed E-state index contributed by atoms with van der Waals surface area (Å²) >= 11 is 6.35. The Morgan fingerprint density at radius 3 is 2.79 bits per heavy atom. The third kappa shape index (κ3) is 4.82. The Morgan fingerprint density at radius 1 is 1.24 bits per heavy atom. The highest BCUT2D eigenvalue weighted by Gasteiger charge is 2.19. The van der Waals surface area contributed by atoms with Crippen LogP contribution in [-0.2, 0) is 0 Å². The van der Waals surface area contributed by atoms with Crippen LogP contribution in [0.2, 0.25) is 5.15 Å². The van der Waals surface area contributed by atoms with Crippen LogP contribution < -0.4 is 15.8 Å². The smallest absolute Gasteiger partial charge is 0.138 e. The molecule has 29 heavy (non-hydrogen) atoms. The molecule has 1 fully saturated rings. The van der Waals surface area contributed by atoms with E-state index in [1.807, 2.05) is 24.4 Å². The van der Waals surface area contributed by atoms with Gasteiger partial charge in [-0.3, -0.25) is 0 Å². The topological polar surface area (TPSA) is 88.8 Å². The number of nitrogens with two attached hydrogens (primary N) is 1. The van der Waals surface area contributed by atoms with Gasteiger partial charge >= 0.3 is 0 Å². The van der Waals surface area contributed by atoms with Crippen LogP contribution >= 0.6 is 11.6 Å². The number of pyridine rings is 2. The molecule has 3 aromatic heterocycles. The summed E-state index contributed by atoms with van der Waals surface area (Å²) in [4.78, 5) is 12.2. The van der Waals surface area contributed by atoms with Gasteiger partial charge in [0.05, 0.1) is 12.8 Å². The van der Waals surface area contributed by atoms with E-state index < -0.39 is 0 Å². The summed E-state index contributed by atoms with van der Waals surface area (Å²) < 4.78 is 5.86. The number of H-pyrrole nitrogens is 1. The number of halogens is 1. The van der Waals surface area contributed by atoms with E-state index in [1.165, 1.54) is 0 Å². The Morgan fingerprint density at radius 2 is 2.03 bits per heavy atom. The maximum Gasteiger partial charge on any atom is 0.138 e. The molecule has 0 saturated heterocycles. The number of hydrogen-bond acceptors (Lipinski definition) is 5. The molecule has 0 aromatic carbocycles. The molecular weight excluding hydrogens is 386 g/mol. The van der Waals surface area contributed by atoms with E-state index in [4.69, 9.17) is 22.1 Å². The van der Waals surface area contributed by atoms with Gasteiger partial charge in [0.2, 0.25) is 0 Å². The van der Waals surface area contributed by atoms with Gasteiger partial charge < -0.3 is 20.8 Å². The maximum absolute atomic E-state index is 6.35. The van der Waals surface area contributed by atoms with E-state index in [0.29, 0.717) is 29.8 Å².